The van der Waals surface area contributed by atoms with Crippen LogP contribution in [0.15, 0.2) is 0 Å². The highest BCUT2D eigenvalue weighted by atomic mass is 16.5. The highest BCUT2D eigenvalue weighted by Gasteiger charge is 2.72. The molecule has 0 spiro atoms. The highest BCUT2D eigenvalue weighted by molar-refractivity contribution is 5.21. The average molecular weight is 443 g/mol. The van der Waals surface area contributed by atoms with Gasteiger partial charge in [0.25, 0.3) is 0 Å². The number of rotatable bonds is 0. The third-order valence-corrected chi connectivity index (χ3v) is 14.1. The second-order valence-corrected chi connectivity index (χ2v) is 15.7. The van der Waals surface area contributed by atoms with Crippen LogP contribution >= 0.6 is 0 Å². The van der Waals surface area contributed by atoms with Gasteiger partial charge in [-0.15, -0.1) is 0 Å². The van der Waals surface area contributed by atoms with Gasteiger partial charge in [-0.1, -0.05) is 48.5 Å². The molecule has 6 aliphatic rings. The van der Waals surface area contributed by atoms with E-state index in [0.717, 1.165) is 30.8 Å². The third-order valence-electron chi connectivity index (χ3n) is 14.1. The molecule has 6 unspecified atom stereocenters. The van der Waals surface area contributed by atoms with Crippen molar-refractivity contribution >= 4 is 0 Å². The Kier molecular flexibility index (Phi) is 4.46. The second-order valence-electron chi connectivity index (χ2n) is 15.7. The van der Waals surface area contributed by atoms with Crippen molar-refractivity contribution in [3.05, 3.63) is 0 Å². The van der Waals surface area contributed by atoms with Crippen molar-refractivity contribution in [3.8, 4) is 0 Å². The van der Waals surface area contributed by atoms with Crippen LogP contribution in [0.5, 0.6) is 0 Å². The van der Waals surface area contributed by atoms with Crippen LogP contribution in [0.2, 0.25) is 0 Å². The lowest BCUT2D eigenvalue weighted by molar-refractivity contribution is -0.252. The molecule has 2 heteroatoms. The van der Waals surface area contributed by atoms with Crippen LogP contribution in [0.25, 0.3) is 0 Å². The standard InChI is InChI=1S/C30H50O2/c1-25(2)14-16-30-17-15-28(6)19(23(30)24(25)32-18-30)8-9-21-27(5)12-11-22(31)26(3,4)20(27)10-13-29(21,28)7/h19-24,31H,8-18H2,1-7H3/t19?,20?,21?,22-,23?,24?,27-,28-,29+,30?/m0/s1. The van der Waals surface area contributed by atoms with Gasteiger partial charge in [0.1, 0.15) is 0 Å². The summed E-state index contributed by atoms with van der Waals surface area (Å²) in [6.45, 7) is 18.9. The van der Waals surface area contributed by atoms with Crippen LogP contribution in [0.3, 0.4) is 0 Å². The van der Waals surface area contributed by atoms with Gasteiger partial charge in [-0.2, -0.15) is 0 Å². The SMILES string of the molecule is CC1(C)CCC23CC[C@@]4(C)C(CCC5[C@@]6(C)CC[C@H](O)C(C)(C)C6CC[C@]54C)C2C1OC3. The molecule has 10 atom stereocenters. The van der Waals surface area contributed by atoms with Crippen molar-refractivity contribution < 1.29 is 9.84 Å². The van der Waals surface area contributed by atoms with Crippen molar-refractivity contribution in [2.75, 3.05) is 6.61 Å². The van der Waals surface area contributed by atoms with Crippen LogP contribution < -0.4 is 0 Å². The monoisotopic (exact) mass is 442 g/mol. The van der Waals surface area contributed by atoms with Gasteiger partial charge in [0.05, 0.1) is 18.8 Å². The number of ether oxygens (including phenoxy) is 1. The molecule has 2 nitrogen and oxygen atoms in total. The minimum Gasteiger partial charge on any atom is -0.393 e. The molecule has 1 saturated heterocycles. The summed E-state index contributed by atoms with van der Waals surface area (Å²) in [5.41, 5.74) is 2.16. The Morgan fingerprint density at radius 3 is 2.16 bits per heavy atom. The quantitative estimate of drug-likeness (QED) is 0.428. The first kappa shape index (κ1) is 22.4. The lowest BCUT2D eigenvalue weighted by Gasteiger charge is -2.73. The van der Waals surface area contributed by atoms with Crippen LogP contribution in [0.1, 0.15) is 113 Å². The Balaban J connectivity index is 1.39. The van der Waals surface area contributed by atoms with E-state index in [1.165, 1.54) is 57.8 Å². The molecule has 6 fully saturated rings. The maximum absolute atomic E-state index is 10.9. The fourth-order valence-electron chi connectivity index (χ4n) is 12.0. The molecule has 2 bridgehead atoms. The molecular formula is C30H50O2. The first-order valence-corrected chi connectivity index (χ1v) is 14.1. The first-order valence-electron chi connectivity index (χ1n) is 14.1. The molecule has 1 heterocycles. The number of aliphatic hydroxyl groups excluding tert-OH is 1. The lowest BCUT2D eigenvalue weighted by Crippen LogP contribution is -2.67. The van der Waals surface area contributed by atoms with Crippen LogP contribution in [-0.4, -0.2) is 23.9 Å². The zero-order chi connectivity index (χ0) is 22.9. The Hall–Kier alpha value is -0.0800. The summed E-state index contributed by atoms with van der Waals surface area (Å²) in [4.78, 5) is 0. The molecule has 0 radical (unpaired) electrons. The molecule has 5 aliphatic carbocycles. The molecule has 5 saturated carbocycles. The van der Waals surface area contributed by atoms with Gasteiger partial charge in [-0.05, 0) is 120 Å². The number of hydrogen-bond donors (Lipinski definition) is 1. The Labute approximate surface area is 197 Å². The van der Waals surface area contributed by atoms with Crippen LogP contribution in [0.4, 0.5) is 0 Å². The van der Waals surface area contributed by atoms with E-state index in [1.807, 2.05) is 0 Å². The number of fused-ring (bicyclic) bond motifs is 5. The van der Waals surface area contributed by atoms with Gasteiger partial charge in [0.15, 0.2) is 0 Å². The predicted octanol–water partition coefficient (Wildman–Crippen LogP) is 7.24. The van der Waals surface area contributed by atoms with E-state index in [2.05, 4.69) is 48.5 Å². The normalized spacial score (nSPS) is 60.0. The summed E-state index contributed by atoms with van der Waals surface area (Å²) < 4.78 is 6.71. The van der Waals surface area contributed by atoms with E-state index >= 15 is 0 Å². The third kappa shape index (κ3) is 2.41. The fourth-order valence-corrected chi connectivity index (χ4v) is 12.0. The number of hydrogen-bond acceptors (Lipinski definition) is 2. The maximum atomic E-state index is 10.9. The summed E-state index contributed by atoms with van der Waals surface area (Å²) in [5, 5.41) is 10.9. The van der Waals surface area contributed by atoms with Crippen molar-refractivity contribution in [2.45, 2.75) is 125 Å². The largest absolute Gasteiger partial charge is 0.393 e. The maximum Gasteiger partial charge on any atom is 0.0663 e. The molecule has 0 aromatic heterocycles. The van der Waals surface area contributed by atoms with Gasteiger partial charge >= 0.3 is 0 Å². The highest BCUT2D eigenvalue weighted by Crippen LogP contribution is 2.78. The second kappa shape index (κ2) is 6.37. The van der Waals surface area contributed by atoms with Gasteiger partial charge in [0, 0.05) is 0 Å². The summed E-state index contributed by atoms with van der Waals surface area (Å²) in [6, 6.07) is 0. The van der Waals surface area contributed by atoms with Crippen molar-refractivity contribution in [1.29, 1.82) is 0 Å². The summed E-state index contributed by atoms with van der Waals surface area (Å²) in [6.07, 6.45) is 13.7. The zero-order valence-electron chi connectivity index (χ0n) is 22.1. The summed E-state index contributed by atoms with van der Waals surface area (Å²) in [7, 11) is 0. The minimum atomic E-state index is -0.122. The molecule has 6 rings (SSSR count). The number of aliphatic hydroxyl groups is 1. The van der Waals surface area contributed by atoms with E-state index < -0.39 is 0 Å². The predicted molar refractivity (Wildman–Crippen MR) is 130 cm³/mol. The van der Waals surface area contributed by atoms with Gasteiger partial charge in [0.2, 0.25) is 0 Å². The van der Waals surface area contributed by atoms with E-state index in [4.69, 9.17) is 4.74 Å². The molecule has 32 heavy (non-hydrogen) atoms. The van der Waals surface area contributed by atoms with Gasteiger partial charge < -0.3 is 9.84 Å². The van der Waals surface area contributed by atoms with Crippen molar-refractivity contribution in [2.24, 2.45) is 56.2 Å². The van der Waals surface area contributed by atoms with Crippen molar-refractivity contribution in [1.82, 2.24) is 0 Å². The minimum absolute atomic E-state index is 0.0586. The Bertz CT molecular complexity index is 801. The van der Waals surface area contributed by atoms with E-state index in [9.17, 15) is 5.11 Å². The topological polar surface area (TPSA) is 29.5 Å². The molecule has 1 N–H and O–H groups in total. The smallest absolute Gasteiger partial charge is 0.0663 e. The van der Waals surface area contributed by atoms with E-state index in [-0.39, 0.29) is 11.5 Å². The Morgan fingerprint density at radius 2 is 1.41 bits per heavy atom. The van der Waals surface area contributed by atoms with Crippen LogP contribution in [-0.2, 0) is 4.74 Å². The van der Waals surface area contributed by atoms with E-state index in [1.54, 1.807) is 0 Å². The molecule has 0 amide bonds. The van der Waals surface area contributed by atoms with Crippen LogP contribution in [0, 0.1) is 56.2 Å². The first-order chi connectivity index (χ1) is 14.8. The molecule has 1 aliphatic heterocycles. The summed E-state index contributed by atoms with van der Waals surface area (Å²) in [5.74, 6) is 3.11. The molecular weight excluding hydrogens is 392 g/mol. The Morgan fingerprint density at radius 1 is 0.688 bits per heavy atom. The molecule has 182 valence electrons. The van der Waals surface area contributed by atoms with Crippen molar-refractivity contribution in [3.63, 3.8) is 0 Å². The fraction of sp³-hybridized carbons (Fsp3) is 1.00. The molecule has 0 aromatic rings. The average Bonchev–Trinajstić information content (AvgIpc) is 3.05. The summed E-state index contributed by atoms with van der Waals surface area (Å²) >= 11 is 0. The molecule has 0 aromatic carbocycles. The van der Waals surface area contributed by atoms with Gasteiger partial charge in [-0.25, -0.2) is 0 Å². The van der Waals surface area contributed by atoms with E-state index in [0.29, 0.717) is 39.1 Å². The van der Waals surface area contributed by atoms with Gasteiger partial charge in [-0.3, -0.25) is 0 Å². The lowest BCUT2D eigenvalue weighted by atomic mass is 9.31. The zero-order valence-corrected chi connectivity index (χ0v) is 22.1.